The Hall–Kier alpha value is -0.440. The number of aliphatic hydroxyl groups excluding tert-OH is 1. The van der Waals surface area contributed by atoms with Gasteiger partial charge in [0.2, 0.25) is 0 Å². The first-order valence-corrected chi connectivity index (χ1v) is 6.30. The monoisotopic (exact) mass is 259 g/mol. The molecule has 0 amide bonds. The summed E-state index contributed by atoms with van der Waals surface area (Å²) in [5, 5.41) is 10.5. The molecule has 16 heavy (non-hydrogen) atoms. The highest BCUT2D eigenvalue weighted by Gasteiger charge is 2.25. The summed E-state index contributed by atoms with van der Waals surface area (Å²) in [7, 11) is 0. The van der Waals surface area contributed by atoms with Gasteiger partial charge in [0.25, 0.3) is 0 Å². The Morgan fingerprint density at radius 3 is 2.94 bits per heavy atom. The largest absolute Gasteiger partial charge is 0.396 e. The minimum Gasteiger partial charge on any atom is -0.396 e. The van der Waals surface area contributed by atoms with Crippen LogP contribution in [-0.4, -0.2) is 24.3 Å². The van der Waals surface area contributed by atoms with Crippen molar-refractivity contribution in [3.8, 4) is 0 Å². The Labute approximate surface area is 106 Å². The minimum atomic E-state index is 0.222. The van der Waals surface area contributed by atoms with Crippen molar-refractivity contribution in [1.29, 1.82) is 0 Å². The second kappa shape index (κ2) is 5.26. The van der Waals surface area contributed by atoms with E-state index in [-0.39, 0.29) is 6.61 Å². The number of aliphatic hydroxyl groups is 1. The van der Waals surface area contributed by atoms with Gasteiger partial charge in [0.15, 0.2) is 0 Å². The van der Waals surface area contributed by atoms with Crippen molar-refractivity contribution in [3.05, 3.63) is 28.2 Å². The maximum Gasteiger partial charge on any atom is 0.0640 e. The zero-order valence-electron chi connectivity index (χ0n) is 9.00. The van der Waals surface area contributed by atoms with Crippen LogP contribution in [0.1, 0.15) is 19.3 Å². The molecular formula is C12H15Cl2NO. The summed E-state index contributed by atoms with van der Waals surface area (Å²) in [5.74, 6) is 0. The first kappa shape index (κ1) is 12.0. The number of benzene rings is 1. The van der Waals surface area contributed by atoms with E-state index in [2.05, 4.69) is 4.90 Å². The number of rotatable bonds is 3. The van der Waals surface area contributed by atoms with Crippen molar-refractivity contribution in [2.45, 2.75) is 25.3 Å². The van der Waals surface area contributed by atoms with Gasteiger partial charge in [-0.25, -0.2) is 0 Å². The molecule has 0 radical (unpaired) electrons. The van der Waals surface area contributed by atoms with Gasteiger partial charge in [-0.1, -0.05) is 23.2 Å². The minimum absolute atomic E-state index is 0.222. The number of halogens is 2. The van der Waals surface area contributed by atoms with Crippen LogP contribution < -0.4 is 4.90 Å². The average molecular weight is 260 g/mol. The lowest BCUT2D eigenvalue weighted by molar-refractivity contribution is 0.276. The maximum atomic E-state index is 9.03. The highest BCUT2D eigenvalue weighted by molar-refractivity contribution is 6.35. The van der Waals surface area contributed by atoms with Crippen LogP contribution in [0.15, 0.2) is 18.2 Å². The quantitative estimate of drug-likeness (QED) is 0.900. The number of hydrogen-bond donors (Lipinski definition) is 1. The summed E-state index contributed by atoms with van der Waals surface area (Å²) in [5.41, 5.74) is 0.991. The van der Waals surface area contributed by atoms with E-state index in [1.54, 1.807) is 6.07 Å². The van der Waals surface area contributed by atoms with Crippen LogP contribution in [0.5, 0.6) is 0 Å². The first-order valence-electron chi connectivity index (χ1n) is 5.55. The molecule has 1 aromatic rings. The third-order valence-corrected chi connectivity index (χ3v) is 3.61. The van der Waals surface area contributed by atoms with Crippen molar-refractivity contribution >= 4 is 28.9 Å². The maximum absolute atomic E-state index is 9.03. The molecule has 0 aliphatic carbocycles. The zero-order chi connectivity index (χ0) is 11.5. The van der Waals surface area contributed by atoms with Crippen LogP contribution in [0.4, 0.5) is 5.69 Å². The van der Waals surface area contributed by atoms with Gasteiger partial charge in [-0.3, -0.25) is 0 Å². The Balaban J connectivity index is 2.25. The van der Waals surface area contributed by atoms with E-state index in [9.17, 15) is 0 Å². The molecule has 4 heteroatoms. The van der Waals surface area contributed by atoms with Gasteiger partial charge in [-0.05, 0) is 37.5 Å². The second-order valence-corrected chi connectivity index (χ2v) is 4.94. The Kier molecular flexibility index (Phi) is 3.95. The molecule has 0 spiro atoms. The molecule has 1 unspecified atom stereocenters. The molecule has 1 aromatic carbocycles. The van der Waals surface area contributed by atoms with Gasteiger partial charge in [0, 0.05) is 24.2 Å². The predicted octanol–water partition coefficient (Wildman–Crippen LogP) is 3.34. The van der Waals surface area contributed by atoms with Gasteiger partial charge in [0.05, 0.1) is 10.7 Å². The van der Waals surface area contributed by atoms with Gasteiger partial charge in [-0.2, -0.15) is 0 Å². The van der Waals surface area contributed by atoms with Crippen molar-refractivity contribution in [2.75, 3.05) is 18.1 Å². The Morgan fingerprint density at radius 1 is 1.38 bits per heavy atom. The molecule has 88 valence electrons. The first-order chi connectivity index (χ1) is 7.72. The Morgan fingerprint density at radius 2 is 2.19 bits per heavy atom. The standard InChI is InChI=1S/C12H15Cl2NO/c13-9-3-4-11(14)12(8-9)15-6-1-2-10(15)5-7-16/h3-4,8,10,16H,1-2,5-7H2. The van der Waals surface area contributed by atoms with Crippen LogP contribution in [0.2, 0.25) is 10.0 Å². The molecule has 1 N–H and O–H groups in total. The van der Waals surface area contributed by atoms with E-state index in [1.807, 2.05) is 12.1 Å². The summed E-state index contributed by atoms with van der Waals surface area (Å²) < 4.78 is 0. The molecule has 0 saturated carbocycles. The lowest BCUT2D eigenvalue weighted by atomic mass is 10.1. The normalized spacial score (nSPS) is 20.4. The van der Waals surface area contributed by atoms with Crippen molar-refractivity contribution in [2.24, 2.45) is 0 Å². The number of nitrogens with zero attached hydrogens (tertiary/aromatic N) is 1. The molecule has 2 nitrogen and oxygen atoms in total. The van der Waals surface area contributed by atoms with Crippen molar-refractivity contribution < 1.29 is 5.11 Å². The van der Waals surface area contributed by atoms with E-state index < -0.39 is 0 Å². The van der Waals surface area contributed by atoms with Crippen molar-refractivity contribution in [1.82, 2.24) is 0 Å². The van der Waals surface area contributed by atoms with Gasteiger partial charge in [0.1, 0.15) is 0 Å². The van der Waals surface area contributed by atoms with E-state index in [4.69, 9.17) is 28.3 Å². The molecule has 1 aliphatic rings. The summed E-state index contributed by atoms with van der Waals surface area (Å²) >= 11 is 12.2. The van der Waals surface area contributed by atoms with Gasteiger partial charge in [-0.15, -0.1) is 0 Å². The average Bonchev–Trinajstić information content (AvgIpc) is 2.70. The molecule has 1 heterocycles. The van der Waals surface area contributed by atoms with E-state index in [1.165, 1.54) is 0 Å². The van der Waals surface area contributed by atoms with Crippen LogP contribution in [0.25, 0.3) is 0 Å². The molecule has 2 rings (SSSR count). The van der Waals surface area contributed by atoms with Crippen LogP contribution in [0, 0.1) is 0 Å². The topological polar surface area (TPSA) is 23.5 Å². The Bertz CT molecular complexity index is 370. The second-order valence-electron chi connectivity index (χ2n) is 4.10. The third kappa shape index (κ3) is 2.45. The molecule has 0 bridgehead atoms. The number of hydrogen-bond acceptors (Lipinski definition) is 2. The van der Waals surface area contributed by atoms with Crippen LogP contribution >= 0.6 is 23.2 Å². The number of anilines is 1. The molecule has 0 aromatic heterocycles. The molecule has 1 atom stereocenters. The summed E-state index contributed by atoms with van der Waals surface area (Å²) in [6, 6.07) is 5.92. The third-order valence-electron chi connectivity index (χ3n) is 3.06. The molecule has 1 saturated heterocycles. The van der Waals surface area contributed by atoms with Gasteiger partial charge < -0.3 is 10.0 Å². The fourth-order valence-corrected chi connectivity index (χ4v) is 2.70. The lowest BCUT2D eigenvalue weighted by Crippen LogP contribution is -2.30. The molecule has 1 aliphatic heterocycles. The van der Waals surface area contributed by atoms with Crippen LogP contribution in [0.3, 0.4) is 0 Å². The van der Waals surface area contributed by atoms with E-state index >= 15 is 0 Å². The smallest absolute Gasteiger partial charge is 0.0640 e. The highest BCUT2D eigenvalue weighted by Crippen LogP contribution is 2.34. The highest BCUT2D eigenvalue weighted by atomic mass is 35.5. The zero-order valence-corrected chi connectivity index (χ0v) is 10.5. The van der Waals surface area contributed by atoms with E-state index in [0.717, 1.165) is 36.5 Å². The SMILES string of the molecule is OCCC1CCCN1c1cc(Cl)ccc1Cl. The van der Waals surface area contributed by atoms with Crippen molar-refractivity contribution in [3.63, 3.8) is 0 Å². The fourth-order valence-electron chi connectivity index (χ4n) is 2.31. The molecule has 1 fully saturated rings. The molecular weight excluding hydrogens is 245 g/mol. The lowest BCUT2D eigenvalue weighted by Gasteiger charge is -2.27. The van der Waals surface area contributed by atoms with Crippen LogP contribution in [-0.2, 0) is 0 Å². The fraction of sp³-hybridized carbons (Fsp3) is 0.500. The summed E-state index contributed by atoms with van der Waals surface area (Å²) in [6.07, 6.45) is 3.06. The predicted molar refractivity (Wildman–Crippen MR) is 68.5 cm³/mol. The van der Waals surface area contributed by atoms with Gasteiger partial charge >= 0.3 is 0 Å². The summed E-state index contributed by atoms with van der Waals surface area (Å²) in [6.45, 7) is 1.21. The van der Waals surface area contributed by atoms with E-state index in [0.29, 0.717) is 11.1 Å². The summed E-state index contributed by atoms with van der Waals surface area (Å²) in [4.78, 5) is 2.25.